The molecule has 4 nitrogen and oxygen atoms in total. The second-order valence-electron chi connectivity index (χ2n) is 7.27. The maximum Gasteiger partial charge on any atom is 0.243 e. The number of fused-ring (bicyclic) bond motifs is 4. The topological polar surface area (TPSA) is 40.6 Å². The standard InChI is InChI=1S/C17H23FN2O2S/c18-15-4-7-17(8-5-15)23(21,22)20-11-14-3-6-16(12-20)19(10-14)9-13-1-2-13/h4-5,7-8,13-14,16H,1-3,6,9-12H2/t14-,16-/m0/s1. The minimum absolute atomic E-state index is 0.203. The molecular formula is C17H23FN2O2S. The van der Waals surface area contributed by atoms with Gasteiger partial charge in [-0.05, 0) is 61.8 Å². The van der Waals surface area contributed by atoms with Gasteiger partial charge in [-0.3, -0.25) is 4.90 Å². The van der Waals surface area contributed by atoms with Gasteiger partial charge in [0.25, 0.3) is 0 Å². The van der Waals surface area contributed by atoms with Crippen LogP contribution in [0.5, 0.6) is 0 Å². The van der Waals surface area contributed by atoms with Crippen molar-refractivity contribution in [2.24, 2.45) is 11.8 Å². The third-order valence-electron chi connectivity index (χ3n) is 5.43. The van der Waals surface area contributed by atoms with Crippen molar-refractivity contribution >= 4 is 10.0 Å². The summed E-state index contributed by atoms with van der Waals surface area (Å²) in [6.45, 7) is 3.32. The Morgan fingerprint density at radius 1 is 1.00 bits per heavy atom. The Morgan fingerprint density at radius 2 is 1.74 bits per heavy atom. The van der Waals surface area contributed by atoms with Crippen molar-refractivity contribution in [2.45, 2.75) is 36.6 Å². The Hall–Kier alpha value is -0.980. The summed E-state index contributed by atoms with van der Waals surface area (Å²) in [6.07, 6.45) is 4.85. The van der Waals surface area contributed by atoms with Crippen LogP contribution < -0.4 is 0 Å². The second kappa shape index (κ2) is 5.83. The average molecular weight is 338 g/mol. The van der Waals surface area contributed by atoms with Crippen LogP contribution in [0.25, 0.3) is 0 Å². The number of hydrogen-bond donors (Lipinski definition) is 0. The zero-order valence-electron chi connectivity index (χ0n) is 13.2. The SMILES string of the molecule is O=S(=O)(c1ccc(F)cc1)N1C[C@H]2CC[C@@H](C1)N(CC1CC1)C2. The third-order valence-corrected chi connectivity index (χ3v) is 7.28. The van der Waals surface area contributed by atoms with Crippen LogP contribution in [0.2, 0.25) is 0 Å². The lowest BCUT2D eigenvalue weighted by atomic mass is 9.95. The molecule has 23 heavy (non-hydrogen) atoms. The Bertz CT molecular complexity index is 672. The van der Waals surface area contributed by atoms with E-state index in [0.717, 1.165) is 31.8 Å². The Morgan fingerprint density at radius 3 is 2.43 bits per heavy atom. The highest BCUT2D eigenvalue weighted by Gasteiger charge is 2.40. The third kappa shape index (κ3) is 3.16. The molecule has 4 aliphatic rings. The van der Waals surface area contributed by atoms with Crippen molar-refractivity contribution in [1.29, 1.82) is 0 Å². The molecule has 1 aromatic carbocycles. The first-order valence-electron chi connectivity index (χ1n) is 8.52. The van der Waals surface area contributed by atoms with Crippen LogP contribution in [0, 0.1) is 17.7 Å². The number of rotatable bonds is 4. The second-order valence-corrected chi connectivity index (χ2v) is 9.21. The minimum atomic E-state index is -3.52. The van der Waals surface area contributed by atoms with E-state index < -0.39 is 15.8 Å². The van der Waals surface area contributed by atoms with Gasteiger partial charge in [-0.25, -0.2) is 12.8 Å². The van der Waals surface area contributed by atoms with Crippen LogP contribution in [0.15, 0.2) is 29.2 Å². The highest BCUT2D eigenvalue weighted by atomic mass is 32.2. The highest BCUT2D eigenvalue weighted by Crippen LogP contribution is 2.36. The number of benzene rings is 1. The van der Waals surface area contributed by atoms with E-state index in [1.807, 2.05) is 0 Å². The first kappa shape index (κ1) is 15.5. The Balaban J connectivity index is 1.56. The van der Waals surface area contributed by atoms with Gasteiger partial charge in [0, 0.05) is 32.2 Å². The maximum absolute atomic E-state index is 13.1. The fourth-order valence-corrected chi connectivity index (χ4v) is 5.50. The molecule has 0 N–H and O–H groups in total. The lowest BCUT2D eigenvalue weighted by Crippen LogP contribution is -2.45. The van der Waals surface area contributed by atoms with E-state index in [4.69, 9.17) is 0 Å². The van der Waals surface area contributed by atoms with Crippen molar-refractivity contribution in [3.63, 3.8) is 0 Å². The Labute approximate surface area is 137 Å². The largest absolute Gasteiger partial charge is 0.298 e. The maximum atomic E-state index is 13.1. The molecule has 3 aliphatic heterocycles. The molecule has 0 amide bonds. The highest BCUT2D eigenvalue weighted by molar-refractivity contribution is 7.89. The van der Waals surface area contributed by atoms with Crippen LogP contribution in [-0.2, 0) is 10.0 Å². The fraction of sp³-hybridized carbons (Fsp3) is 0.647. The molecule has 0 aromatic heterocycles. The summed E-state index contributed by atoms with van der Waals surface area (Å²) in [5.74, 6) is 0.842. The Kier molecular flexibility index (Phi) is 3.94. The molecule has 1 saturated carbocycles. The summed E-state index contributed by atoms with van der Waals surface area (Å²) in [6, 6.07) is 5.53. The van der Waals surface area contributed by atoms with Crippen LogP contribution in [0.1, 0.15) is 25.7 Å². The molecular weight excluding hydrogens is 315 g/mol. The number of halogens is 1. The zero-order chi connectivity index (χ0) is 16.0. The predicted molar refractivity (Wildman–Crippen MR) is 86.0 cm³/mol. The summed E-state index contributed by atoms with van der Waals surface area (Å²) in [5.41, 5.74) is 0. The molecule has 2 atom stereocenters. The predicted octanol–water partition coefficient (Wildman–Crippen LogP) is 2.32. The van der Waals surface area contributed by atoms with Gasteiger partial charge >= 0.3 is 0 Å². The van der Waals surface area contributed by atoms with Crippen LogP contribution >= 0.6 is 0 Å². The molecule has 4 fully saturated rings. The zero-order valence-corrected chi connectivity index (χ0v) is 14.0. The van der Waals surface area contributed by atoms with Crippen molar-refractivity contribution in [3.05, 3.63) is 30.1 Å². The molecule has 2 bridgehead atoms. The fourth-order valence-electron chi connectivity index (χ4n) is 3.94. The van der Waals surface area contributed by atoms with Crippen molar-refractivity contribution in [2.75, 3.05) is 26.2 Å². The first-order chi connectivity index (χ1) is 11.0. The van der Waals surface area contributed by atoms with E-state index in [-0.39, 0.29) is 4.90 Å². The number of nitrogens with zero attached hydrogens (tertiary/aromatic N) is 2. The van der Waals surface area contributed by atoms with Crippen molar-refractivity contribution < 1.29 is 12.8 Å². The quantitative estimate of drug-likeness (QED) is 0.846. The van der Waals surface area contributed by atoms with E-state index in [1.54, 1.807) is 4.31 Å². The monoisotopic (exact) mass is 338 g/mol. The van der Waals surface area contributed by atoms with Crippen LogP contribution in [-0.4, -0.2) is 49.8 Å². The molecule has 0 spiro atoms. The molecule has 3 heterocycles. The summed E-state index contributed by atoms with van der Waals surface area (Å²) in [7, 11) is -3.52. The van der Waals surface area contributed by atoms with E-state index in [1.165, 1.54) is 37.1 Å². The molecule has 0 unspecified atom stereocenters. The molecule has 6 heteroatoms. The van der Waals surface area contributed by atoms with Gasteiger partial charge in [0.2, 0.25) is 10.0 Å². The van der Waals surface area contributed by atoms with Crippen LogP contribution in [0.4, 0.5) is 4.39 Å². The lowest BCUT2D eigenvalue weighted by molar-refractivity contribution is 0.127. The normalized spacial score (nSPS) is 29.6. The summed E-state index contributed by atoms with van der Waals surface area (Å²) >= 11 is 0. The smallest absolute Gasteiger partial charge is 0.243 e. The van der Waals surface area contributed by atoms with Gasteiger partial charge < -0.3 is 0 Å². The molecule has 5 rings (SSSR count). The van der Waals surface area contributed by atoms with E-state index in [0.29, 0.717) is 25.0 Å². The average Bonchev–Trinajstić information content (AvgIpc) is 3.35. The summed E-state index contributed by atoms with van der Waals surface area (Å²) in [4.78, 5) is 2.72. The molecule has 126 valence electrons. The minimum Gasteiger partial charge on any atom is -0.298 e. The van der Waals surface area contributed by atoms with Crippen LogP contribution in [0.3, 0.4) is 0 Å². The molecule has 3 saturated heterocycles. The number of sulfonamides is 1. The number of hydrogen-bond acceptors (Lipinski definition) is 3. The number of piperidine rings is 1. The molecule has 0 radical (unpaired) electrons. The van der Waals surface area contributed by atoms with Crippen molar-refractivity contribution in [3.8, 4) is 0 Å². The van der Waals surface area contributed by atoms with Crippen molar-refractivity contribution in [1.82, 2.24) is 9.21 Å². The summed E-state index contributed by atoms with van der Waals surface area (Å²) in [5, 5.41) is 0. The van der Waals surface area contributed by atoms with Gasteiger partial charge in [-0.2, -0.15) is 4.31 Å². The first-order valence-corrected chi connectivity index (χ1v) is 9.96. The lowest BCUT2D eigenvalue weighted by Gasteiger charge is -2.36. The van der Waals surface area contributed by atoms with Gasteiger partial charge in [-0.1, -0.05) is 0 Å². The van der Waals surface area contributed by atoms with Gasteiger partial charge in [0.15, 0.2) is 0 Å². The molecule has 1 aromatic rings. The summed E-state index contributed by atoms with van der Waals surface area (Å²) < 4.78 is 40.5. The van der Waals surface area contributed by atoms with Gasteiger partial charge in [0.05, 0.1) is 4.90 Å². The van der Waals surface area contributed by atoms with E-state index in [9.17, 15) is 12.8 Å². The van der Waals surface area contributed by atoms with E-state index >= 15 is 0 Å². The van der Waals surface area contributed by atoms with E-state index in [2.05, 4.69) is 4.90 Å². The van der Waals surface area contributed by atoms with Gasteiger partial charge in [0.1, 0.15) is 5.82 Å². The molecule has 1 aliphatic carbocycles. The van der Waals surface area contributed by atoms with Gasteiger partial charge in [-0.15, -0.1) is 0 Å².